The number of furan rings is 2. The standard InChI is InChI=1S/C78H49ClN4O2/c79-54-47-57(80(55-43-39-52(40-44-55)50-19-3-1-4-20-50)71-35-15-27-63-65-29-17-37-73(77(65)84-75(63)71)82-67-31-11-7-23-59(67)60-24-8-12-32-68(60)82)49-58(48-54)81(56-45-41-53(42-46-56)51-21-5-2-6-22-51)72-36-16-28-64-66-30-18-38-74(78(66)85-76(64)72)83-69-33-13-9-25-61(69)62-26-10-14-34-70(62)83/h1-49H/i1D,2D,3D,4D,5D,6D,7D,8D,9D,10D,11D,12D,13D,14D,19D,20D,21D,22D,23D,24D,25D,26D,31D,32D,33D,34D. The van der Waals surface area contributed by atoms with E-state index in [0.717, 1.165) is 0 Å². The van der Waals surface area contributed by atoms with Gasteiger partial charge in [0.2, 0.25) is 0 Å². The molecule has 0 unspecified atom stereocenters. The van der Waals surface area contributed by atoms with E-state index < -0.39 is 157 Å². The minimum atomic E-state index is -0.631. The van der Waals surface area contributed by atoms with Gasteiger partial charge in [0, 0.05) is 70.9 Å². The van der Waals surface area contributed by atoms with Gasteiger partial charge in [0.05, 0.1) is 80.5 Å². The number of para-hydroxylation sites is 8. The number of fused-ring (bicyclic) bond motifs is 12. The van der Waals surface area contributed by atoms with Gasteiger partial charge in [-0.2, -0.15) is 0 Å². The zero-order valence-electron chi connectivity index (χ0n) is 69.8. The Labute approximate surface area is 530 Å². The van der Waals surface area contributed by atoms with Crippen molar-refractivity contribution in [1.29, 1.82) is 0 Å². The average molecular weight is 1140 g/mol. The number of hydrogen-bond acceptors (Lipinski definition) is 4. The number of halogens is 1. The van der Waals surface area contributed by atoms with Gasteiger partial charge in [-0.05, 0) is 113 Å². The molecule has 17 aromatic rings. The molecule has 4 heterocycles. The van der Waals surface area contributed by atoms with Crippen LogP contribution in [0.15, 0.2) is 305 Å². The molecule has 0 saturated carbocycles. The van der Waals surface area contributed by atoms with Crippen LogP contribution in [0.2, 0.25) is 5.02 Å². The van der Waals surface area contributed by atoms with E-state index in [-0.39, 0.29) is 116 Å². The zero-order chi connectivity index (χ0) is 78.7. The van der Waals surface area contributed by atoms with E-state index in [1.807, 2.05) is 0 Å². The lowest BCUT2D eigenvalue weighted by Gasteiger charge is -2.30. The number of anilines is 6. The first-order valence-corrected chi connectivity index (χ1v) is 26.9. The summed E-state index contributed by atoms with van der Waals surface area (Å²) in [4.78, 5) is 3.53. The van der Waals surface area contributed by atoms with Gasteiger partial charge in [-0.1, -0.05) is 217 Å². The highest BCUT2D eigenvalue weighted by Crippen LogP contribution is 2.50. The molecule has 0 atom stereocenters. The molecule has 17 rings (SSSR count). The molecular weight excluding hydrogens is 1060 g/mol. The van der Waals surface area contributed by atoms with Crippen molar-refractivity contribution in [2.24, 2.45) is 0 Å². The molecule has 4 aromatic heterocycles. The Kier molecular flexibility index (Phi) is 6.74. The van der Waals surface area contributed by atoms with Crippen molar-refractivity contribution in [3.05, 3.63) is 302 Å². The summed E-state index contributed by atoms with van der Waals surface area (Å²) < 4.78 is 248. The van der Waals surface area contributed by atoms with Crippen LogP contribution in [0.25, 0.3) is 121 Å². The Morgan fingerprint density at radius 2 is 0.624 bits per heavy atom. The van der Waals surface area contributed by atoms with Crippen molar-refractivity contribution in [2.75, 3.05) is 9.80 Å². The lowest BCUT2D eigenvalue weighted by atomic mass is 10.0. The summed E-state index contributed by atoms with van der Waals surface area (Å²) in [6.45, 7) is 0. The van der Waals surface area contributed by atoms with Crippen LogP contribution in [0.1, 0.15) is 35.6 Å². The van der Waals surface area contributed by atoms with Gasteiger partial charge in [0.15, 0.2) is 22.3 Å². The van der Waals surface area contributed by atoms with Crippen molar-refractivity contribution < 1.29 is 44.5 Å². The molecule has 0 saturated heterocycles. The molecule has 0 N–H and O–H groups in total. The third-order valence-corrected chi connectivity index (χ3v) is 15.4. The fourth-order valence-electron chi connectivity index (χ4n) is 11.6. The lowest BCUT2D eigenvalue weighted by molar-refractivity contribution is 0.666. The molecule has 0 aliphatic rings. The van der Waals surface area contributed by atoms with Crippen LogP contribution < -0.4 is 9.80 Å². The van der Waals surface area contributed by atoms with Crippen LogP contribution in [-0.4, -0.2) is 9.13 Å². The first-order valence-electron chi connectivity index (χ1n) is 39.5. The first-order chi connectivity index (χ1) is 52.9. The second-order valence-corrected chi connectivity index (χ2v) is 20.3. The molecule has 85 heavy (non-hydrogen) atoms. The van der Waals surface area contributed by atoms with E-state index in [4.69, 9.17) is 50.6 Å². The molecule has 0 spiro atoms. The predicted octanol–water partition coefficient (Wildman–Crippen LogP) is 22.6. The quantitative estimate of drug-likeness (QED) is 0.137. The molecule has 0 bridgehead atoms. The van der Waals surface area contributed by atoms with Gasteiger partial charge in [0.25, 0.3) is 0 Å². The first kappa shape index (κ1) is 29.3. The Morgan fingerprint density at radius 1 is 0.294 bits per heavy atom. The second kappa shape index (κ2) is 19.6. The van der Waals surface area contributed by atoms with Crippen LogP contribution in [0, 0.1) is 0 Å². The fourth-order valence-corrected chi connectivity index (χ4v) is 11.8. The van der Waals surface area contributed by atoms with E-state index in [2.05, 4.69) is 0 Å². The summed E-state index contributed by atoms with van der Waals surface area (Å²) in [6, 6.07) is 23.8. The zero-order valence-corrected chi connectivity index (χ0v) is 44.5. The van der Waals surface area contributed by atoms with Gasteiger partial charge in [0.1, 0.15) is 0 Å². The topological polar surface area (TPSA) is 42.6 Å². The molecule has 6 nitrogen and oxygen atoms in total. The second-order valence-electron chi connectivity index (χ2n) is 19.8. The minimum absolute atomic E-state index is 0.0910. The maximum Gasteiger partial charge on any atom is 0.159 e. The number of benzene rings is 13. The molecule has 0 fully saturated rings. The van der Waals surface area contributed by atoms with E-state index in [1.165, 1.54) is 9.13 Å². The highest BCUT2D eigenvalue weighted by Gasteiger charge is 2.27. The van der Waals surface area contributed by atoms with Crippen molar-refractivity contribution >= 4 is 133 Å². The van der Waals surface area contributed by atoms with Gasteiger partial charge < -0.3 is 27.8 Å². The van der Waals surface area contributed by atoms with Gasteiger partial charge in [-0.15, -0.1) is 0 Å². The summed E-state index contributed by atoms with van der Waals surface area (Å²) in [5, 5.41) is 1.28. The Morgan fingerprint density at radius 3 is 1.00 bits per heavy atom. The predicted molar refractivity (Wildman–Crippen MR) is 355 cm³/mol. The average Bonchev–Trinajstić information content (AvgIpc) is 1.54. The van der Waals surface area contributed by atoms with Crippen molar-refractivity contribution in [1.82, 2.24) is 9.13 Å². The van der Waals surface area contributed by atoms with Crippen LogP contribution in [0.3, 0.4) is 0 Å². The normalized spacial score (nSPS) is 16.1. The monoisotopic (exact) mass is 1130 g/mol. The molecule has 7 heteroatoms. The third kappa shape index (κ3) is 7.80. The Balaban J connectivity index is 0.933. The van der Waals surface area contributed by atoms with Crippen LogP contribution >= 0.6 is 11.6 Å². The van der Waals surface area contributed by atoms with Gasteiger partial charge in [-0.3, -0.25) is 0 Å². The summed E-state index contributed by atoms with van der Waals surface area (Å²) in [5.74, 6) is 0. The van der Waals surface area contributed by atoms with Crippen LogP contribution in [-0.2, 0) is 0 Å². The molecule has 13 aromatic carbocycles. The summed E-state index contributed by atoms with van der Waals surface area (Å²) >= 11 is 7.54. The van der Waals surface area contributed by atoms with Crippen LogP contribution in [0.5, 0.6) is 0 Å². The number of nitrogens with zero attached hydrogens (tertiary/aromatic N) is 4. The fraction of sp³-hybridized carbons (Fsp3) is 0. The van der Waals surface area contributed by atoms with E-state index >= 15 is 0 Å². The lowest BCUT2D eigenvalue weighted by Crippen LogP contribution is -2.14. The van der Waals surface area contributed by atoms with Crippen molar-refractivity contribution in [3.63, 3.8) is 0 Å². The molecular formula is C78H49ClN4O2. The van der Waals surface area contributed by atoms with E-state index in [0.29, 0.717) is 44.3 Å². The van der Waals surface area contributed by atoms with E-state index in [9.17, 15) is 5.48 Å². The molecule has 0 amide bonds. The Bertz CT molecular complexity index is 6450. The maximum absolute atomic E-state index is 9.36. The van der Waals surface area contributed by atoms with Crippen LogP contribution in [0.4, 0.5) is 34.1 Å². The molecule has 0 aliphatic carbocycles. The summed E-state index contributed by atoms with van der Waals surface area (Å²) in [6.07, 6.45) is 0. The largest absolute Gasteiger partial charge is 0.452 e. The van der Waals surface area contributed by atoms with Crippen molar-refractivity contribution in [2.45, 2.75) is 0 Å². The highest BCUT2D eigenvalue weighted by atomic mass is 35.5. The van der Waals surface area contributed by atoms with E-state index in [1.54, 1.807) is 149 Å². The smallest absolute Gasteiger partial charge is 0.159 e. The summed E-state index contributed by atoms with van der Waals surface area (Å²) in [7, 11) is 0. The number of rotatable bonds is 10. The SMILES string of the molecule is [2H]c1c([2H])c([2H])c(-c2ccc(N(c3cc(Cl)cc(N(c4ccc(-c5c([2H])c([2H])c([2H])c([2H])c5[2H])cc4)c4cccc5c4oc4c(-n6c7c([2H])c([2H])c([2H])c([2H])c7c7c([2H])c([2H])c([2H])c([2H])c76)cccc45)c3)c3cccc4c3oc3c(-n5c6c([2H])c([2H])c([2H])c([2H])c6c6c([2H])c([2H])c([2H])c([2H])c65)cccc34)cc2)c([2H])c1[2H]. The maximum atomic E-state index is 9.36. The summed E-state index contributed by atoms with van der Waals surface area (Å²) in [5.41, 5.74) is 2.36. The number of aromatic nitrogens is 2. The molecule has 0 radical (unpaired) electrons. The third-order valence-electron chi connectivity index (χ3n) is 15.2. The highest BCUT2D eigenvalue weighted by molar-refractivity contribution is 6.31. The number of hydrogen-bond donors (Lipinski definition) is 0. The minimum Gasteiger partial charge on any atom is -0.452 e. The molecule has 0 aliphatic heterocycles. The van der Waals surface area contributed by atoms with Gasteiger partial charge in [-0.25, -0.2) is 0 Å². The van der Waals surface area contributed by atoms with Crippen molar-refractivity contribution in [3.8, 4) is 33.6 Å². The molecule has 400 valence electrons. The Hall–Kier alpha value is -11.1. The van der Waals surface area contributed by atoms with Gasteiger partial charge >= 0.3 is 0 Å².